The molecule has 0 spiro atoms. The van der Waals surface area contributed by atoms with Crippen molar-refractivity contribution in [2.75, 3.05) is 5.73 Å². The highest BCUT2D eigenvalue weighted by Gasteiger charge is 2.07. The highest BCUT2D eigenvalue weighted by Crippen LogP contribution is 2.19. The molecule has 1 unspecified atom stereocenters. The van der Waals surface area contributed by atoms with Crippen molar-refractivity contribution in [1.29, 1.82) is 0 Å². The zero-order valence-electron chi connectivity index (χ0n) is 7.63. The summed E-state index contributed by atoms with van der Waals surface area (Å²) in [5, 5.41) is 0. The second kappa shape index (κ2) is 4.76. The maximum atomic E-state index is 5.88. The smallest absolute Gasteiger partial charge is 0.0546 e. The standard InChI is InChI=1S/C9H14IN3/c1-2-7(11)3-6-4-13-5-8(10)9(6)12/h4-5,7H,2-3,11H2,1H3,(H2,12,13). The minimum absolute atomic E-state index is 0.183. The van der Waals surface area contributed by atoms with Crippen LogP contribution in [0.2, 0.25) is 0 Å². The van der Waals surface area contributed by atoms with Crippen LogP contribution in [0.1, 0.15) is 18.9 Å². The average molecular weight is 291 g/mol. The Morgan fingerprint density at radius 1 is 1.54 bits per heavy atom. The molecule has 0 bridgehead atoms. The second-order valence-electron chi connectivity index (χ2n) is 3.07. The number of hydrogen-bond donors (Lipinski definition) is 2. The topological polar surface area (TPSA) is 64.9 Å². The number of nitrogens with two attached hydrogens (primary N) is 2. The van der Waals surface area contributed by atoms with Crippen LogP contribution in [0.5, 0.6) is 0 Å². The van der Waals surface area contributed by atoms with E-state index in [4.69, 9.17) is 11.5 Å². The molecule has 0 fully saturated rings. The van der Waals surface area contributed by atoms with Crippen molar-refractivity contribution in [2.24, 2.45) is 5.73 Å². The van der Waals surface area contributed by atoms with Gasteiger partial charge in [0.2, 0.25) is 0 Å². The summed E-state index contributed by atoms with van der Waals surface area (Å²) in [6, 6.07) is 0.183. The van der Waals surface area contributed by atoms with Gasteiger partial charge in [0.1, 0.15) is 0 Å². The third-order valence-corrected chi connectivity index (χ3v) is 2.89. The van der Waals surface area contributed by atoms with Crippen molar-refractivity contribution < 1.29 is 0 Å². The first-order valence-corrected chi connectivity index (χ1v) is 5.36. The van der Waals surface area contributed by atoms with Gasteiger partial charge in [0.15, 0.2) is 0 Å². The molecule has 13 heavy (non-hydrogen) atoms. The first kappa shape index (κ1) is 10.7. The van der Waals surface area contributed by atoms with Crippen LogP contribution in [0, 0.1) is 3.57 Å². The van der Waals surface area contributed by atoms with Gasteiger partial charge in [-0.3, -0.25) is 4.98 Å². The van der Waals surface area contributed by atoms with Crippen molar-refractivity contribution in [3.63, 3.8) is 0 Å². The number of rotatable bonds is 3. The Bertz CT molecular complexity index is 288. The molecule has 0 radical (unpaired) electrons. The van der Waals surface area contributed by atoms with Gasteiger partial charge in [0.25, 0.3) is 0 Å². The summed E-state index contributed by atoms with van der Waals surface area (Å²) in [7, 11) is 0. The molecule has 1 aromatic heterocycles. The van der Waals surface area contributed by atoms with Crippen LogP contribution in [0.25, 0.3) is 0 Å². The van der Waals surface area contributed by atoms with Gasteiger partial charge < -0.3 is 11.5 Å². The molecular weight excluding hydrogens is 277 g/mol. The van der Waals surface area contributed by atoms with Gasteiger partial charge in [-0.1, -0.05) is 6.92 Å². The van der Waals surface area contributed by atoms with Crippen molar-refractivity contribution >= 4 is 28.3 Å². The average Bonchev–Trinajstić information content (AvgIpc) is 2.13. The molecule has 0 aliphatic rings. The van der Waals surface area contributed by atoms with Gasteiger partial charge in [-0.05, 0) is 41.0 Å². The van der Waals surface area contributed by atoms with Gasteiger partial charge in [-0.15, -0.1) is 0 Å². The fourth-order valence-corrected chi connectivity index (χ4v) is 1.58. The lowest BCUT2D eigenvalue weighted by Crippen LogP contribution is -2.22. The number of nitrogens with zero attached hydrogens (tertiary/aromatic N) is 1. The predicted octanol–water partition coefficient (Wildman–Crippen LogP) is 1.55. The molecule has 1 aromatic rings. The lowest BCUT2D eigenvalue weighted by molar-refractivity contribution is 0.646. The molecule has 72 valence electrons. The first-order valence-electron chi connectivity index (χ1n) is 4.28. The van der Waals surface area contributed by atoms with Gasteiger partial charge in [-0.2, -0.15) is 0 Å². The van der Waals surface area contributed by atoms with Crippen LogP contribution < -0.4 is 11.5 Å². The maximum Gasteiger partial charge on any atom is 0.0546 e. The van der Waals surface area contributed by atoms with E-state index < -0.39 is 0 Å². The Hall–Kier alpha value is -0.360. The Balaban J connectivity index is 2.83. The summed E-state index contributed by atoms with van der Waals surface area (Å²) in [5.74, 6) is 0. The Morgan fingerprint density at radius 3 is 2.85 bits per heavy atom. The molecule has 1 atom stereocenters. The molecule has 0 saturated carbocycles. The molecule has 0 aliphatic heterocycles. The highest BCUT2D eigenvalue weighted by molar-refractivity contribution is 14.1. The SMILES string of the molecule is CCC(N)Cc1cncc(I)c1N. The quantitative estimate of drug-likeness (QED) is 0.830. The number of anilines is 1. The Kier molecular flexibility index (Phi) is 3.92. The molecule has 3 nitrogen and oxygen atoms in total. The molecule has 1 rings (SSSR count). The Morgan fingerprint density at radius 2 is 2.23 bits per heavy atom. The molecule has 0 aromatic carbocycles. The third-order valence-electron chi connectivity index (χ3n) is 2.03. The van der Waals surface area contributed by atoms with Crippen LogP contribution in [-0.4, -0.2) is 11.0 Å². The molecule has 1 heterocycles. The van der Waals surface area contributed by atoms with E-state index in [0.29, 0.717) is 0 Å². The summed E-state index contributed by atoms with van der Waals surface area (Å²) in [4.78, 5) is 4.09. The summed E-state index contributed by atoms with van der Waals surface area (Å²) in [6.45, 7) is 2.07. The molecular formula is C9H14IN3. The fraction of sp³-hybridized carbons (Fsp3) is 0.444. The normalized spacial score (nSPS) is 12.8. The van der Waals surface area contributed by atoms with Crippen molar-refractivity contribution in [1.82, 2.24) is 4.98 Å². The van der Waals surface area contributed by atoms with Gasteiger partial charge in [-0.25, -0.2) is 0 Å². The van der Waals surface area contributed by atoms with E-state index in [1.807, 2.05) is 0 Å². The second-order valence-corrected chi connectivity index (χ2v) is 4.23. The maximum absolute atomic E-state index is 5.88. The van der Waals surface area contributed by atoms with E-state index in [9.17, 15) is 0 Å². The number of nitrogen functional groups attached to an aromatic ring is 1. The largest absolute Gasteiger partial charge is 0.398 e. The molecule has 0 saturated heterocycles. The molecule has 4 N–H and O–H groups in total. The molecule has 4 heteroatoms. The van der Waals surface area contributed by atoms with Crippen LogP contribution >= 0.6 is 22.6 Å². The van der Waals surface area contributed by atoms with Crippen molar-refractivity contribution in [2.45, 2.75) is 25.8 Å². The van der Waals surface area contributed by atoms with Crippen molar-refractivity contribution in [3.05, 3.63) is 21.5 Å². The van der Waals surface area contributed by atoms with E-state index in [-0.39, 0.29) is 6.04 Å². The third kappa shape index (κ3) is 2.80. The lowest BCUT2D eigenvalue weighted by Gasteiger charge is -2.10. The highest BCUT2D eigenvalue weighted by atomic mass is 127. The molecule has 0 aliphatic carbocycles. The molecule has 0 amide bonds. The summed E-state index contributed by atoms with van der Waals surface area (Å²) in [6.07, 6.45) is 5.33. The van der Waals surface area contributed by atoms with E-state index >= 15 is 0 Å². The van der Waals surface area contributed by atoms with Crippen LogP contribution in [0.3, 0.4) is 0 Å². The number of pyridine rings is 1. The number of aromatic nitrogens is 1. The Labute approximate surface area is 92.1 Å². The summed E-state index contributed by atoms with van der Waals surface area (Å²) in [5.41, 5.74) is 13.6. The van der Waals surface area contributed by atoms with Crippen LogP contribution in [0.4, 0.5) is 5.69 Å². The van der Waals surface area contributed by atoms with E-state index in [1.54, 1.807) is 12.4 Å². The van der Waals surface area contributed by atoms with E-state index in [0.717, 1.165) is 27.7 Å². The number of halogens is 1. The van der Waals surface area contributed by atoms with E-state index in [2.05, 4.69) is 34.5 Å². The minimum atomic E-state index is 0.183. The number of hydrogen-bond acceptors (Lipinski definition) is 3. The zero-order chi connectivity index (χ0) is 9.84. The van der Waals surface area contributed by atoms with Crippen molar-refractivity contribution in [3.8, 4) is 0 Å². The van der Waals surface area contributed by atoms with Crippen LogP contribution in [-0.2, 0) is 6.42 Å². The van der Waals surface area contributed by atoms with E-state index in [1.165, 1.54) is 0 Å². The lowest BCUT2D eigenvalue weighted by atomic mass is 10.1. The van der Waals surface area contributed by atoms with Gasteiger partial charge >= 0.3 is 0 Å². The van der Waals surface area contributed by atoms with Gasteiger partial charge in [0.05, 0.1) is 9.26 Å². The van der Waals surface area contributed by atoms with Crippen LogP contribution in [0.15, 0.2) is 12.4 Å². The first-order chi connectivity index (χ1) is 6.15. The fourth-order valence-electron chi connectivity index (χ4n) is 1.07. The monoisotopic (exact) mass is 291 g/mol. The predicted molar refractivity (Wildman–Crippen MR) is 63.3 cm³/mol. The minimum Gasteiger partial charge on any atom is -0.398 e. The summed E-state index contributed by atoms with van der Waals surface area (Å²) >= 11 is 2.18. The van der Waals surface area contributed by atoms with Gasteiger partial charge in [0, 0.05) is 18.4 Å². The summed E-state index contributed by atoms with van der Waals surface area (Å²) < 4.78 is 0.999. The zero-order valence-corrected chi connectivity index (χ0v) is 9.78.